The maximum atomic E-state index is 12.0. The van der Waals surface area contributed by atoms with E-state index in [2.05, 4.69) is 4.98 Å². The molecule has 0 radical (unpaired) electrons. The Kier molecular flexibility index (Phi) is 6.13. The lowest BCUT2D eigenvalue weighted by atomic mass is 10.1. The van der Waals surface area contributed by atoms with Crippen molar-refractivity contribution in [3.63, 3.8) is 0 Å². The van der Waals surface area contributed by atoms with Gasteiger partial charge in [-0.2, -0.15) is 0 Å². The van der Waals surface area contributed by atoms with Crippen LogP contribution in [-0.4, -0.2) is 48.8 Å². The predicted octanol–water partition coefficient (Wildman–Crippen LogP) is 1.30. The van der Waals surface area contributed by atoms with Crippen LogP contribution < -0.4 is 0 Å². The zero-order chi connectivity index (χ0) is 15.2. The Morgan fingerprint density at radius 1 is 1.45 bits per heavy atom. The van der Waals surface area contributed by atoms with E-state index in [1.54, 1.807) is 33.3 Å². The second-order valence-electron chi connectivity index (χ2n) is 4.91. The van der Waals surface area contributed by atoms with E-state index in [4.69, 9.17) is 0 Å². The van der Waals surface area contributed by atoms with E-state index >= 15 is 0 Å². The number of rotatable bonds is 7. The van der Waals surface area contributed by atoms with Gasteiger partial charge >= 0.3 is 0 Å². The number of carbonyl (C=O) groups excluding carboxylic acids is 1. The summed E-state index contributed by atoms with van der Waals surface area (Å²) in [5, 5.41) is 0. The number of pyridine rings is 1. The fourth-order valence-electron chi connectivity index (χ4n) is 1.82. The second-order valence-corrected chi connectivity index (χ2v) is 7.31. The van der Waals surface area contributed by atoms with E-state index < -0.39 is 9.84 Å². The van der Waals surface area contributed by atoms with Crippen LogP contribution in [0.25, 0.3) is 0 Å². The summed E-state index contributed by atoms with van der Waals surface area (Å²) >= 11 is 0. The minimum Gasteiger partial charge on any atom is -0.342 e. The van der Waals surface area contributed by atoms with Crippen LogP contribution in [-0.2, 0) is 21.1 Å². The minimum atomic E-state index is -3.07. The number of aryl methyl sites for hydroxylation is 1. The van der Waals surface area contributed by atoms with Crippen molar-refractivity contribution in [3.8, 4) is 0 Å². The van der Waals surface area contributed by atoms with Crippen molar-refractivity contribution in [2.75, 3.05) is 18.6 Å². The molecule has 0 aliphatic heterocycles. The van der Waals surface area contributed by atoms with Gasteiger partial charge in [0.15, 0.2) is 9.84 Å². The summed E-state index contributed by atoms with van der Waals surface area (Å²) in [7, 11) is -1.41. The largest absolute Gasteiger partial charge is 0.342 e. The third kappa shape index (κ3) is 5.28. The molecule has 0 fully saturated rings. The summed E-state index contributed by atoms with van der Waals surface area (Å²) in [6.07, 6.45) is 4.40. The fraction of sp³-hybridized carbons (Fsp3) is 0.571. The molecule has 1 heterocycles. The zero-order valence-corrected chi connectivity index (χ0v) is 13.1. The lowest BCUT2D eigenvalue weighted by Gasteiger charge is -2.24. The Balaban J connectivity index is 2.50. The van der Waals surface area contributed by atoms with Gasteiger partial charge in [-0.1, -0.05) is 13.0 Å². The van der Waals surface area contributed by atoms with Gasteiger partial charge < -0.3 is 4.90 Å². The van der Waals surface area contributed by atoms with Crippen LogP contribution in [0.1, 0.15) is 25.8 Å². The Bertz CT molecular complexity index is 529. The number of sulfone groups is 1. The van der Waals surface area contributed by atoms with Gasteiger partial charge in [-0.25, -0.2) is 8.42 Å². The van der Waals surface area contributed by atoms with Crippen LogP contribution in [0.5, 0.6) is 0 Å². The molecule has 0 aliphatic rings. The monoisotopic (exact) mass is 298 g/mol. The lowest BCUT2D eigenvalue weighted by molar-refractivity contribution is -0.131. The Morgan fingerprint density at radius 2 is 2.15 bits per heavy atom. The number of nitrogens with zero attached hydrogens (tertiary/aromatic N) is 2. The first kappa shape index (κ1) is 16.6. The summed E-state index contributed by atoms with van der Waals surface area (Å²) in [5.41, 5.74) is 1.00. The summed E-state index contributed by atoms with van der Waals surface area (Å²) in [5.74, 6) is 0.0703. The lowest BCUT2D eigenvalue weighted by Crippen LogP contribution is -2.39. The van der Waals surface area contributed by atoms with E-state index in [1.165, 1.54) is 4.90 Å². The molecule has 1 aromatic heterocycles. The number of carbonyl (C=O) groups is 1. The molecule has 0 spiro atoms. The molecule has 0 aliphatic carbocycles. The smallest absolute Gasteiger partial charge is 0.222 e. The third-order valence-corrected chi connectivity index (χ3v) is 5.21. The molecule has 0 N–H and O–H groups in total. The highest BCUT2D eigenvalue weighted by atomic mass is 32.2. The van der Waals surface area contributed by atoms with Crippen molar-refractivity contribution in [3.05, 3.63) is 30.1 Å². The van der Waals surface area contributed by atoms with E-state index in [0.29, 0.717) is 12.8 Å². The SMILES string of the molecule is CCS(=O)(=O)C[C@@H](C)N(C)C(=O)CCc1cccnc1. The van der Waals surface area contributed by atoms with Crippen molar-refractivity contribution in [2.24, 2.45) is 0 Å². The molecule has 1 atom stereocenters. The predicted molar refractivity (Wildman–Crippen MR) is 79.1 cm³/mol. The molecule has 6 heteroatoms. The highest BCUT2D eigenvalue weighted by Gasteiger charge is 2.20. The summed E-state index contributed by atoms with van der Waals surface area (Å²) in [6, 6.07) is 3.45. The first-order valence-corrected chi connectivity index (χ1v) is 8.53. The maximum Gasteiger partial charge on any atom is 0.222 e. The number of hydrogen-bond acceptors (Lipinski definition) is 4. The Morgan fingerprint density at radius 3 is 2.70 bits per heavy atom. The topological polar surface area (TPSA) is 67.3 Å². The average Bonchev–Trinajstić information content (AvgIpc) is 2.44. The zero-order valence-electron chi connectivity index (χ0n) is 12.2. The van der Waals surface area contributed by atoms with E-state index in [9.17, 15) is 13.2 Å². The molecule has 0 saturated heterocycles. The van der Waals surface area contributed by atoms with Crippen molar-refractivity contribution >= 4 is 15.7 Å². The van der Waals surface area contributed by atoms with Gasteiger partial charge in [0.05, 0.1) is 5.75 Å². The third-order valence-electron chi connectivity index (χ3n) is 3.34. The van der Waals surface area contributed by atoms with E-state index in [-0.39, 0.29) is 23.5 Å². The molecule has 5 nitrogen and oxygen atoms in total. The first-order chi connectivity index (χ1) is 9.35. The molecule has 1 amide bonds. The van der Waals surface area contributed by atoms with E-state index in [0.717, 1.165) is 5.56 Å². The standard InChI is InChI=1S/C14H22N2O3S/c1-4-20(18,19)11-12(2)16(3)14(17)8-7-13-6-5-9-15-10-13/h5-6,9-10,12H,4,7-8,11H2,1-3H3/t12-/m1/s1. The van der Waals surface area contributed by atoms with Crippen molar-refractivity contribution in [2.45, 2.75) is 32.7 Å². The minimum absolute atomic E-state index is 0.0125. The van der Waals surface area contributed by atoms with Gasteiger partial charge in [-0.05, 0) is 25.0 Å². The molecule has 0 bridgehead atoms. The van der Waals surface area contributed by atoms with Gasteiger partial charge in [0, 0.05) is 37.7 Å². The average molecular weight is 298 g/mol. The number of aromatic nitrogens is 1. The molecule has 0 saturated carbocycles. The quantitative estimate of drug-likeness (QED) is 0.761. The highest BCUT2D eigenvalue weighted by molar-refractivity contribution is 7.91. The van der Waals surface area contributed by atoms with Crippen molar-refractivity contribution in [1.29, 1.82) is 0 Å². The van der Waals surface area contributed by atoms with Crippen LogP contribution in [0.15, 0.2) is 24.5 Å². The van der Waals surface area contributed by atoms with E-state index in [1.807, 2.05) is 12.1 Å². The molecule has 0 aromatic carbocycles. The normalized spacial score (nSPS) is 12.9. The first-order valence-electron chi connectivity index (χ1n) is 6.70. The van der Waals surface area contributed by atoms with Gasteiger partial charge in [0.2, 0.25) is 5.91 Å². The van der Waals surface area contributed by atoms with Crippen molar-refractivity contribution < 1.29 is 13.2 Å². The molecular formula is C14H22N2O3S. The highest BCUT2D eigenvalue weighted by Crippen LogP contribution is 2.07. The van der Waals surface area contributed by atoms with Gasteiger partial charge in [0.1, 0.15) is 0 Å². The van der Waals surface area contributed by atoms with Gasteiger partial charge in [0.25, 0.3) is 0 Å². The number of amides is 1. The molecule has 1 rings (SSSR count). The second kappa shape index (κ2) is 7.38. The van der Waals surface area contributed by atoms with Gasteiger partial charge in [-0.15, -0.1) is 0 Å². The molecule has 20 heavy (non-hydrogen) atoms. The molecule has 0 unspecified atom stereocenters. The van der Waals surface area contributed by atoms with Crippen LogP contribution >= 0.6 is 0 Å². The number of hydrogen-bond donors (Lipinski definition) is 0. The summed E-state index contributed by atoms with van der Waals surface area (Å²) < 4.78 is 23.1. The van der Waals surface area contributed by atoms with Crippen LogP contribution in [0.3, 0.4) is 0 Å². The summed E-state index contributed by atoms with van der Waals surface area (Å²) in [4.78, 5) is 17.6. The van der Waals surface area contributed by atoms with Crippen molar-refractivity contribution in [1.82, 2.24) is 9.88 Å². The van der Waals surface area contributed by atoms with Crippen LogP contribution in [0.4, 0.5) is 0 Å². The Labute approximate surface area is 120 Å². The summed E-state index contributed by atoms with van der Waals surface area (Å²) in [6.45, 7) is 3.38. The molecule has 112 valence electrons. The molecular weight excluding hydrogens is 276 g/mol. The van der Waals surface area contributed by atoms with Crippen LogP contribution in [0, 0.1) is 0 Å². The fourth-order valence-corrected chi connectivity index (χ4v) is 3.01. The molecule has 1 aromatic rings. The van der Waals surface area contributed by atoms with Crippen LogP contribution in [0.2, 0.25) is 0 Å². The van der Waals surface area contributed by atoms with Gasteiger partial charge in [-0.3, -0.25) is 9.78 Å². The Hall–Kier alpha value is -1.43. The maximum absolute atomic E-state index is 12.0.